The normalized spacial score (nSPS) is 26.8. The topological polar surface area (TPSA) is 24.5 Å². The highest BCUT2D eigenvalue weighted by atomic mass is 16.5. The van der Waals surface area contributed by atoms with E-state index in [1.165, 1.54) is 45.2 Å². The van der Waals surface area contributed by atoms with Gasteiger partial charge in [0.25, 0.3) is 0 Å². The Hall–Kier alpha value is -0.120. The zero-order chi connectivity index (χ0) is 11.2. The maximum Gasteiger partial charge on any atom is 0.0593 e. The summed E-state index contributed by atoms with van der Waals surface area (Å²) in [5.74, 6) is 0.911. The lowest BCUT2D eigenvalue weighted by Crippen LogP contribution is -2.44. The number of hydrogen-bond donors (Lipinski definition) is 1. The van der Waals surface area contributed by atoms with Crippen molar-refractivity contribution in [1.82, 2.24) is 10.2 Å². The fourth-order valence-corrected chi connectivity index (χ4v) is 3.09. The van der Waals surface area contributed by atoms with Crippen LogP contribution in [0.5, 0.6) is 0 Å². The molecule has 3 nitrogen and oxygen atoms in total. The highest BCUT2D eigenvalue weighted by molar-refractivity contribution is 4.82. The summed E-state index contributed by atoms with van der Waals surface area (Å²) in [7, 11) is 2.12. The molecule has 2 aliphatic rings. The van der Waals surface area contributed by atoms with E-state index in [0.717, 1.165) is 25.7 Å². The molecule has 1 N–H and O–H groups in total. The number of hydrogen-bond acceptors (Lipinski definition) is 3. The van der Waals surface area contributed by atoms with Gasteiger partial charge in [-0.3, -0.25) is 4.90 Å². The van der Waals surface area contributed by atoms with Crippen molar-refractivity contribution in [2.24, 2.45) is 5.92 Å². The molecular weight excluding hydrogens is 200 g/mol. The van der Waals surface area contributed by atoms with Gasteiger partial charge < -0.3 is 10.1 Å². The van der Waals surface area contributed by atoms with Crippen LogP contribution in [0.15, 0.2) is 0 Å². The third-order valence-electron chi connectivity index (χ3n) is 4.11. The first kappa shape index (κ1) is 12.3. The van der Waals surface area contributed by atoms with E-state index in [2.05, 4.69) is 17.3 Å². The predicted octanol–water partition coefficient (Wildman–Crippen LogP) is 1.49. The molecule has 1 aliphatic heterocycles. The van der Waals surface area contributed by atoms with Crippen LogP contribution in [0.25, 0.3) is 0 Å². The number of rotatable bonds is 4. The SMILES string of the molecule is CNC(CN1CCCOCC1)C1CCCC1. The van der Waals surface area contributed by atoms with Crippen molar-refractivity contribution in [3.63, 3.8) is 0 Å². The van der Waals surface area contributed by atoms with Crippen molar-refractivity contribution in [2.45, 2.75) is 38.1 Å². The van der Waals surface area contributed by atoms with E-state index < -0.39 is 0 Å². The fraction of sp³-hybridized carbons (Fsp3) is 1.00. The van der Waals surface area contributed by atoms with Gasteiger partial charge in [-0.15, -0.1) is 0 Å². The molecule has 94 valence electrons. The summed E-state index contributed by atoms with van der Waals surface area (Å²) in [5.41, 5.74) is 0. The van der Waals surface area contributed by atoms with Gasteiger partial charge in [0.05, 0.1) is 6.61 Å². The van der Waals surface area contributed by atoms with Crippen LogP contribution < -0.4 is 5.32 Å². The minimum atomic E-state index is 0.695. The molecule has 0 aromatic heterocycles. The summed E-state index contributed by atoms with van der Waals surface area (Å²) in [6, 6.07) is 0.695. The van der Waals surface area contributed by atoms with Crippen LogP contribution in [-0.4, -0.2) is 50.8 Å². The molecule has 1 saturated heterocycles. The second-order valence-electron chi connectivity index (χ2n) is 5.21. The molecule has 0 radical (unpaired) electrons. The maximum absolute atomic E-state index is 5.50. The average Bonchev–Trinajstić information content (AvgIpc) is 2.71. The van der Waals surface area contributed by atoms with E-state index in [9.17, 15) is 0 Å². The molecule has 0 bridgehead atoms. The predicted molar refractivity (Wildman–Crippen MR) is 66.7 cm³/mol. The Labute approximate surface area is 99.5 Å². The van der Waals surface area contributed by atoms with Crippen molar-refractivity contribution >= 4 is 0 Å². The van der Waals surface area contributed by atoms with Crippen molar-refractivity contribution in [1.29, 1.82) is 0 Å². The Bertz CT molecular complexity index is 184. The van der Waals surface area contributed by atoms with Gasteiger partial charge in [-0.2, -0.15) is 0 Å². The first-order chi connectivity index (χ1) is 7.90. The van der Waals surface area contributed by atoms with Crippen LogP contribution in [0.3, 0.4) is 0 Å². The first-order valence-corrected chi connectivity index (χ1v) is 6.87. The molecule has 0 aromatic rings. The average molecular weight is 226 g/mol. The number of nitrogens with zero attached hydrogens (tertiary/aromatic N) is 1. The zero-order valence-corrected chi connectivity index (χ0v) is 10.6. The van der Waals surface area contributed by atoms with E-state index in [4.69, 9.17) is 4.74 Å². The third-order valence-corrected chi connectivity index (χ3v) is 4.11. The van der Waals surface area contributed by atoms with Gasteiger partial charge in [0.2, 0.25) is 0 Å². The van der Waals surface area contributed by atoms with Crippen LogP contribution in [-0.2, 0) is 4.74 Å². The zero-order valence-electron chi connectivity index (χ0n) is 10.6. The molecule has 2 fully saturated rings. The molecule has 1 saturated carbocycles. The molecular formula is C13H26N2O. The number of likely N-dealkylation sites (N-methyl/N-ethyl adjacent to an activating group) is 1. The fourth-order valence-electron chi connectivity index (χ4n) is 3.09. The van der Waals surface area contributed by atoms with E-state index in [0.29, 0.717) is 6.04 Å². The number of nitrogens with one attached hydrogen (secondary N) is 1. The molecule has 0 amide bonds. The molecule has 2 rings (SSSR count). The second-order valence-corrected chi connectivity index (χ2v) is 5.21. The van der Waals surface area contributed by atoms with E-state index >= 15 is 0 Å². The highest BCUT2D eigenvalue weighted by Crippen LogP contribution is 2.28. The third kappa shape index (κ3) is 3.44. The quantitative estimate of drug-likeness (QED) is 0.786. The Kier molecular flexibility index (Phi) is 5.07. The van der Waals surface area contributed by atoms with Gasteiger partial charge in [-0.1, -0.05) is 12.8 Å². The molecule has 1 aliphatic carbocycles. The Morgan fingerprint density at radius 3 is 2.75 bits per heavy atom. The lowest BCUT2D eigenvalue weighted by molar-refractivity contribution is 0.137. The van der Waals surface area contributed by atoms with E-state index in [-0.39, 0.29) is 0 Å². The van der Waals surface area contributed by atoms with Crippen LogP contribution in [0, 0.1) is 5.92 Å². The Balaban J connectivity index is 1.79. The second kappa shape index (κ2) is 6.58. The Morgan fingerprint density at radius 2 is 2.00 bits per heavy atom. The lowest BCUT2D eigenvalue weighted by Gasteiger charge is -2.29. The van der Waals surface area contributed by atoms with Crippen LogP contribution >= 0.6 is 0 Å². The van der Waals surface area contributed by atoms with Gasteiger partial charge in [-0.05, 0) is 32.2 Å². The van der Waals surface area contributed by atoms with Crippen molar-refractivity contribution in [2.75, 3.05) is 39.9 Å². The highest BCUT2D eigenvalue weighted by Gasteiger charge is 2.25. The minimum Gasteiger partial charge on any atom is -0.380 e. The monoisotopic (exact) mass is 226 g/mol. The van der Waals surface area contributed by atoms with Gasteiger partial charge in [0.15, 0.2) is 0 Å². The largest absolute Gasteiger partial charge is 0.380 e. The number of ether oxygens (including phenoxy) is 1. The van der Waals surface area contributed by atoms with E-state index in [1.54, 1.807) is 0 Å². The minimum absolute atomic E-state index is 0.695. The van der Waals surface area contributed by atoms with Gasteiger partial charge in [0.1, 0.15) is 0 Å². The molecule has 1 heterocycles. The molecule has 0 aromatic carbocycles. The summed E-state index contributed by atoms with van der Waals surface area (Å²) < 4.78 is 5.50. The van der Waals surface area contributed by atoms with Gasteiger partial charge >= 0.3 is 0 Å². The molecule has 16 heavy (non-hydrogen) atoms. The smallest absolute Gasteiger partial charge is 0.0593 e. The lowest BCUT2D eigenvalue weighted by atomic mass is 9.97. The molecule has 0 spiro atoms. The standard InChI is InChI=1S/C13H26N2O/c1-14-13(12-5-2-3-6-12)11-15-7-4-9-16-10-8-15/h12-14H,2-11H2,1H3. The molecule has 3 heteroatoms. The summed E-state index contributed by atoms with van der Waals surface area (Å²) in [5, 5.41) is 3.53. The summed E-state index contributed by atoms with van der Waals surface area (Å²) in [6.45, 7) is 5.41. The molecule has 1 unspecified atom stereocenters. The van der Waals surface area contributed by atoms with Gasteiger partial charge in [0, 0.05) is 32.3 Å². The summed E-state index contributed by atoms with van der Waals surface area (Å²) >= 11 is 0. The van der Waals surface area contributed by atoms with Crippen LogP contribution in [0.4, 0.5) is 0 Å². The van der Waals surface area contributed by atoms with Crippen molar-refractivity contribution in [3.8, 4) is 0 Å². The van der Waals surface area contributed by atoms with Crippen molar-refractivity contribution < 1.29 is 4.74 Å². The van der Waals surface area contributed by atoms with E-state index in [1.807, 2.05) is 0 Å². The first-order valence-electron chi connectivity index (χ1n) is 6.87. The van der Waals surface area contributed by atoms with Crippen LogP contribution in [0.2, 0.25) is 0 Å². The van der Waals surface area contributed by atoms with Crippen molar-refractivity contribution in [3.05, 3.63) is 0 Å². The summed E-state index contributed by atoms with van der Waals surface area (Å²) in [4.78, 5) is 2.58. The maximum atomic E-state index is 5.50. The van der Waals surface area contributed by atoms with Gasteiger partial charge in [-0.25, -0.2) is 0 Å². The summed E-state index contributed by atoms with van der Waals surface area (Å²) in [6.07, 6.45) is 6.92. The van der Waals surface area contributed by atoms with Crippen LogP contribution in [0.1, 0.15) is 32.1 Å². The Morgan fingerprint density at radius 1 is 1.19 bits per heavy atom. The molecule has 1 atom stereocenters.